The number of likely N-dealkylation sites (N-methyl/N-ethyl adjacent to an activating group) is 2. The van der Waals surface area contributed by atoms with Gasteiger partial charge in [0.2, 0.25) is 0 Å². The minimum Gasteiger partial charge on any atom is -0.444 e. The highest BCUT2D eigenvalue weighted by Crippen LogP contribution is 2.40. The first-order chi connectivity index (χ1) is 35.3. The summed E-state index contributed by atoms with van der Waals surface area (Å²) in [5.74, 6) is 2.24. The molecule has 4 aliphatic rings. The topological polar surface area (TPSA) is 283 Å². The van der Waals surface area contributed by atoms with Crippen molar-refractivity contribution in [3.05, 3.63) is 88.9 Å². The second kappa shape index (κ2) is 20.1. The van der Waals surface area contributed by atoms with Gasteiger partial charge in [-0.2, -0.15) is 25.2 Å². The number of ether oxygens (including phenoxy) is 1. The number of nitrogens with zero attached hydrogens (tertiary/aromatic N) is 10. The Morgan fingerprint density at radius 1 is 0.773 bits per heavy atom. The molecule has 0 radical (unpaired) electrons. The number of amides is 1. The van der Waals surface area contributed by atoms with Gasteiger partial charge in [0.25, 0.3) is 0 Å². The summed E-state index contributed by atoms with van der Waals surface area (Å²) in [6.07, 6.45) is 14.0. The maximum absolute atomic E-state index is 12.4. The second-order valence-electron chi connectivity index (χ2n) is 22.1. The van der Waals surface area contributed by atoms with Gasteiger partial charge in [-0.1, -0.05) is 0 Å². The van der Waals surface area contributed by atoms with Crippen LogP contribution in [0, 0.1) is 28.6 Å². The highest BCUT2D eigenvalue weighted by Gasteiger charge is 2.46. The van der Waals surface area contributed by atoms with Gasteiger partial charge in [-0.25, -0.2) is 36.1 Å². The Morgan fingerprint density at radius 2 is 1.29 bits per heavy atom. The van der Waals surface area contributed by atoms with Crippen molar-refractivity contribution >= 4 is 77.3 Å². The molecule has 6 N–H and O–H groups in total. The lowest BCUT2D eigenvalue weighted by atomic mass is 10.1. The third kappa shape index (κ3) is 13.8. The molecule has 0 atom stereocenters. The van der Waals surface area contributed by atoms with Crippen LogP contribution in [0.4, 0.5) is 45.0 Å². The van der Waals surface area contributed by atoms with Crippen molar-refractivity contribution in [2.24, 2.45) is 11.7 Å². The van der Waals surface area contributed by atoms with Crippen LogP contribution in [0.3, 0.4) is 0 Å². The van der Waals surface area contributed by atoms with E-state index in [4.69, 9.17) is 10.5 Å². The number of alkyl carbamates (subject to hydrolysis) is 1. The molecule has 4 aromatic heterocycles. The smallest absolute Gasteiger partial charge is 0.408 e. The Kier molecular flexibility index (Phi) is 14.1. The van der Waals surface area contributed by atoms with Gasteiger partial charge >= 0.3 is 6.09 Å². The number of fused-ring (bicyclic) bond motifs is 2. The van der Waals surface area contributed by atoms with E-state index in [2.05, 4.69) is 53.6 Å². The van der Waals surface area contributed by atoms with Crippen LogP contribution in [0.25, 0.3) is 11.3 Å². The number of nitrogens with one attached hydrogen (secondary N) is 4. The Morgan fingerprint density at radius 3 is 1.77 bits per heavy atom. The number of nitriles is 2. The van der Waals surface area contributed by atoms with Crippen molar-refractivity contribution in [3.8, 4) is 12.1 Å². The average Bonchev–Trinajstić information content (AvgIpc) is 4.19. The third-order valence-electron chi connectivity index (χ3n) is 13.3. The lowest BCUT2D eigenvalue weighted by Crippen LogP contribution is -2.46. The maximum atomic E-state index is 12.4. The first-order valence-electron chi connectivity index (χ1n) is 25.1. The average molecular weight is 1060 g/mol. The lowest BCUT2D eigenvalue weighted by molar-refractivity contribution is 0.0498. The number of nitrogens with two attached hydrogens (primary N) is 1. The van der Waals surface area contributed by atoms with Gasteiger partial charge in [0, 0.05) is 91.9 Å². The fourth-order valence-corrected chi connectivity index (χ4v) is 10.7. The molecule has 1 amide bonds. The molecule has 4 heterocycles. The highest BCUT2D eigenvalue weighted by molar-refractivity contribution is 7.90. The molecule has 2 aromatic carbocycles. The van der Waals surface area contributed by atoms with E-state index >= 15 is 0 Å². The van der Waals surface area contributed by atoms with Crippen molar-refractivity contribution in [2.45, 2.75) is 113 Å². The van der Waals surface area contributed by atoms with Gasteiger partial charge in [-0.3, -0.25) is 0 Å². The number of aromatic nitrogens is 6. The molecule has 75 heavy (non-hydrogen) atoms. The highest BCUT2D eigenvalue weighted by atomic mass is 32.2. The van der Waals surface area contributed by atoms with Gasteiger partial charge in [-0.15, -0.1) is 0 Å². The van der Waals surface area contributed by atoms with Gasteiger partial charge < -0.3 is 41.5 Å². The number of sulfone groups is 2. The number of hydrogen-bond acceptors (Lipinski definition) is 18. The summed E-state index contributed by atoms with van der Waals surface area (Å²) in [6.45, 7) is 6.65. The van der Waals surface area contributed by atoms with E-state index in [1.165, 1.54) is 37.7 Å². The molecular weight excluding hydrogens is 995 g/mol. The predicted molar refractivity (Wildman–Crippen MR) is 289 cm³/mol. The lowest BCUT2D eigenvalue weighted by Gasteiger charge is -2.29. The van der Waals surface area contributed by atoms with Crippen LogP contribution in [-0.4, -0.2) is 115 Å². The van der Waals surface area contributed by atoms with Crippen molar-refractivity contribution in [1.82, 2.24) is 34.5 Å². The third-order valence-corrected chi connectivity index (χ3v) is 15.0. The zero-order chi connectivity index (χ0) is 53.7. The fourth-order valence-electron chi connectivity index (χ4n) is 9.15. The molecule has 0 spiro atoms. The first kappa shape index (κ1) is 52.6. The zero-order valence-corrected chi connectivity index (χ0v) is 45.1. The van der Waals surface area contributed by atoms with Crippen LogP contribution < -0.4 is 36.8 Å². The van der Waals surface area contributed by atoms with Crippen LogP contribution in [0.15, 0.2) is 60.9 Å². The summed E-state index contributed by atoms with van der Waals surface area (Å²) < 4.78 is 57.9. The van der Waals surface area contributed by atoms with Crippen LogP contribution in [-0.2, 0) is 42.3 Å². The number of anilines is 7. The molecule has 4 aliphatic carbocycles. The molecule has 0 saturated heterocycles. The molecule has 21 nitrogen and oxygen atoms in total. The summed E-state index contributed by atoms with van der Waals surface area (Å²) in [7, 11) is -2.76. The van der Waals surface area contributed by atoms with Crippen molar-refractivity contribution in [1.29, 1.82) is 10.5 Å². The second-order valence-corrected chi connectivity index (χ2v) is 26.4. The molecule has 23 heteroatoms. The largest absolute Gasteiger partial charge is 0.444 e. The Bertz CT molecular complexity index is 3490. The van der Waals surface area contributed by atoms with E-state index in [-0.39, 0.29) is 17.0 Å². The normalized spacial score (nSPS) is 16.5. The molecule has 396 valence electrons. The van der Waals surface area contributed by atoms with Crippen molar-refractivity contribution in [3.63, 3.8) is 0 Å². The molecule has 0 bridgehead atoms. The van der Waals surface area contributed by atoms with Gasteiger partial charge in [0.1, 0.15) is 46.3 Å². The minimum atomic E-state index is -3.34. The van der Waals surface area contributed by atoms with Crippen LogP contribution in [0.2, 0.25) is 0 Å². The Labute approximate surface area is 437 Å². The summed E-state index contributed by atoms with van der Waals surface area (Å²) >= 11 is 0. The summed E-state index contributed by atoms with van der Waals surface area (Å²) in [6, 6.07) is 19.7. The molecule has 4 saturated carbocycles. The Balaban J connectivity index is 0.000000187. The van der Waals surface area contributed by atoms with Gasteiger partial charge in [-0.05, 0) is 132 Å². The molecule has 6 aromatic rings. The van der Waals surface area contributed by atoms with Crippen LogP contribution >= 0.6 is 0 Å². The predicted octanol–water partition coefficient (Wildman–Crippen LogP) is 6.73. The van der Waals surface area contributed by atoms with Gasteiger partial charge in [0.05, 0.1) is 29.4 Å². The SMILES string of the molecule is CN(CC1(N)CC1)c1ccc(Nc2cc(NC3CC3)n3ncc(C#N)c3n2)cc1CS(C)(=O)=O.CN(CC1(NC(=O)OC(C)(C)C)CC1)c1ccc(Nc2cc(CC3CC3)n3ncc(C#N)c3n2)cc1CS(C)(=O)=O. The standard InChI is InChI=1S/C29H37N7O4S.C23H28N8O2S/c1-28(2,3)40-27(37)34-29(10-11-29)18-35(4)24-9-8-22(13-20(24)17-41(5,38)39)32-25-14-23(12-19-6-7-19)36-26(33-25)21(15-30)16-31-36;1-30(14-23(25)7-8-23)19-6-5-18(9-15(19)13-34(2,32)33)27-20-10-21(28-17-3-4-17)31-22(29-20)16(11-24)12-26-31/h8-9,13-14,16,19H,6-7,10-12,17-18H2,1-5H3,(H,32,33)(H,34,37);5-6,9-10,12,17,28H,3-4,7-8,13-14,25H2,1-2H3,(H,27,29). The maximum Gasteiger partial charge on any atom is 0.408 e. The van der Waals surface area contributed by atoms with E-state index in [0.717, 1.165) is 67.8 Å². The van der Waals surface area contributed by atoms with Crippen LogP contribution in [0.1, 0.15) is 100 Å². The van der Waals surface area contributed by atoms with E-state index < -0.39 is 36.9 Å². The molecule has 4 fully saturated rings. The quantitative estimate of drug-likeness (QED) is 0.0562. The number of rotatable bonds is 19. The number of carbonyl (C=O) groups excluding carboxylic acids is 1. The molecule has 0 unspecified atom stereocenters. The summed E-state index contributed by atoms with van der Waals surface area (Å²) in [5.41, 5.74) is 12.1. The minimum absolute atomic E-state index is 0.0814. The number of benzene rings is 2. The Hall–Kier alpha value is -7.21. The van der Waals surface area contributed by atoms with E-state index in [1.807, 2.05) is 93.2 Å². The molecule has 10 rings (SSSR count). The molecule has 0 aliphatic heterocycles. The van der Waals surface area contributed by atoms with E-state index in [1.54, 1.807) is 9.03 Å². The fraction of sp³-hybridized carbons (Fsp3) is 0.481. The van der Waals surface area contributed by atoms with E-state index in [0.29, 0.717) is 81.6 Å². The first-order valence-corrected chi connectivity index (χ1v) is 29.2. The van der Waals surface area contributed by atoms with Gasteiger partial charge in [0.15, 0.2) is 31.0 Å². The van der Waals surface area contributed by atoms with Crippen LogP contribution in [0.5, 0.6) is 0 Å². The molecular formula is C52H65N15O6S2. The number of hydrogen-bond donors (Lipinski definition) is 5. The zero-order valence-electron chi connectivity index (χ0n) is 43.4. The summed E-state index contributed by atoms with van der Waals surface area (Å²) in [4.78, 5) is 25.7. The number of carbonyl (C=O) groups is 1. The van der Waals surface area contributed by atoms with Crippen molar-refractivity contribution < 1.29 is 26.4 Å². The van der Waals surface area contributed by atoms with Crippen molar-refractivity contribution in [2.75, 3.05) is 65.4 Å². The summed E-state index contributed by atoms with van der Waals surface area (Å²) in [5, 5.41) is 40.7. The monoisotopic (exact) mass is 1060 g/mol. The van der Waals surface area contributed by atoms with E-state index in [9.17, 15) is 32.2 Å².